The van der Waals surface area contributed by atoms with Crippen LogP contribution in [-0.4, -0.2) is 47.5 Å². The van der Waals surface area contributed by atoms with Crippen LogP contribution in [0.3, 0.4) is 0 Å². The molecule has 4 rings (SSSR count). The Bertz CT molecular complexity index is 1020. The van der Waals surface area contributed by atoms with Crippen molar-refractivity contribution in [1.29, 1.82) is 0 Å². The Morgan fingerprint density at radius 3 is 2.55 bits per heavy atom. The minimum Gasteiger partial charge on any atom is -0.328 e. The van der Waals surface area contributed by atoms with E-state index in [9.17, 15) is 4.79 Å². The molecule has 2 aromatic carbocycles. The summed E-state index contributed by atoms with van der Waals surface area (Å²) in [5.74, 6) is 1.35. The number of imidazole rings is 1. The lowest BCUT2D eigenvalue weighted by Crippen LogP contribution is -2.24. The van der Waals surface area contributed by atoms with E-state index in [1.807, 2.05) is 11.0 Å². The van der Waals surface area contributed by atoms with Crippen molar-refractivity contribution in [2.24, 2.45) is 0 Å². The van der Waals surface area contributed by atoms with Crippen LogP contribution in [0.1, 0.15) is 35.7 Å². The van der Waals surface area contributed by atoms with Crippen LogP contribution in [0.25, 0.3) is 11.0 Å². The van der Waals surface area contributed by atoms with E-state index in [1.165, 1.54) is 16.6 Å². The minimum absolute atomic E-state index is 0.120. The molecule has 1 fully saturated rings. The molecular formula is C24H30N4O. The standard InChI is InChI=1S/C24H30N4O/c1-17-12-18(2)14-20(13-17)28-16-19(15-23(28)29)24-25-21-8-5-6-9-22(21)27(24)11-7-10-26(3)4/h5-6,8-9,12-14,19H,7,10-11,15-16H2,1-4H3. The van der Waals surface area contributed by atoms with Gasteiger partial charge in [0.15, 0.2) is 0 Å². The molecule has 3 aromatic rings. The van der Waals surface area contributed by atoms with Crippen molar-refractivity contribution < 1.29 is 4.79 Å². The summed E-state index contributed by atoms with van der Waals surface area (Å²) in [6.07, 6.45) is 1.58. The van der Waals surface area contributed by atoms with E-state index >= 15 is 0 Å². The van der Waals surface area contributed by atoms with Crippen molar-refractivity contribution in [3.05, 3.63) is 59.4 Å². The molecule has 0 N–H and O–H groups in total. The van der Waals surface area contributed by atoms with Crippen molar-refractivity contribution in [3.63, 3.8) is 0 Å². The first-order valence-corrected chi connectivity index (χ1v) is 10.4. The molecule has 1 atom stereocenters. The third-order valence-corrected chi connectivity index (χ3v) is 5.68. The topological polar surface area (TPSA) is 41.4 Å². The fourth-order valence-electron chi connectivity index (χ4n) is 4.42. The number of aromatic nitrogens is 2. The van der Waals surface area contributed by atoms with Gasteiger partial charge in [0.2, 0.25) is 5.91 Å². The molecule has 5 heteroatoms. The van der Waals surface area contributed by atoms with Gasteiger partial charge in [0.05, 0.1) is 11.0 Å². The maximum atomic E-state index is 12.9. The summed E-state index contributed by atoms with van der Waals surface area (Å²) < 4.78 is 2.34. The summed E-state index contributed by atoms with van der Waals surface area (Å²) in [7, 11) is 4.20. The third kappa shape index (κ3) is 4.06. The third-order valence-electron chi connectivity index (χ3n) is 5.68. The molecule has 1 saturated heterocycles. The molecule has 29 heavy (non-hydrogen) atoms. The highest BCUT2D eigenvalue weighted by Crippen LogP contribution is 2.34. The van der Waals surface area contributed by atoms with E-state index in [0.29, 0.717) is 13.0 Å². The Hall–Kier alpha value is -2.66. The number of amides is 1. The van der Waals surface area contributed by atoms with Crippen LogP contribution >= 0.6 is 0 Å². The van der Waals surface area contributed by atoms with E-state index in [1.54, 1.807) is 0 Å². The lowest BCUT2D eigenvalue weighted by molar-refractivity contribution is -0.117. The summed E-state index contributed by atoms with van der Waals surface area (Å²) in [5.41, 5.74) is 5.56. The second kappa shape index (κ2) is 7.99. The highest BCUT2D eigenvalue weighted by molar-refractivity contribution is 5.96. The summed E-state index contributed by atoms with van der Waals surface area (Å²) in [5, 5.41) is 0. The van der Waals surface area contributed by atoms with Crippen LogP contribution in [0.2, 0.25) is 0 Å². The fraction of sp³-hybridized carbons (Fsp3) is 0.417. The molecule has 0 saturated carbocycles. The number of fused-ring (bicyclic) bond motifs is 1. The lowest BCUT2D eigenvalue weighted by Gasteiger charge is -2.19. The number of carbonyl (C=O) groups is 1. The average molecular weight is 391 g/mol. The molecule has 0 radical (unpaired) electrons. The van der Waals surface area contributed by atoms with E-state index in [-0.39, 0.29) is 11.8 Å². The molecule has 0 spiro atoms. The molecule has 1 unspecified atom stereocenters. The molecule has 1 aromatic heterocycles. The zero-order valence-electron chi connectivity index (χ0n) is 17.9. The monoisotopic (exact) mass is 390 g/mol. The molecule has 1 aliphatic heterocycles. The first-order chi connectivity index (χ1) is 13.9. The van der Waals surface area contributed by atoms with E-state index in [4.69, 9.17) is 4.98 Å². The maximum Gasteiger partial charge on any atom is 0.227 e. The number of benzene rings is 2. The van der Waals surface area contributed by atoms with Gasteiger partial charge >= 0.3 is 0 Å². The van der Waals surface area contributed by atoms with Crippen molar-refractivity contribution in [2.75, 3.05) is 32.1 Å². The number of rotatable bonds is 6. The van der Waals surface area contributed by atoms with E-state index < -0.39 is 0 Å². The number of hydrogen-bond donors (Lipinski definition) is 0. The van der Waals surface area contributed by atoms with Crippen LogP contribution in [0, 0.1) is 13.8 Å². The summed E-state index contributed by atoms with van der Waals surface area (Å²) in [6.45, 7) is 6.81. The van der Waals surface area contributed by atoms with Gasteiger partial charge in [-0.3, -0.25) is 4.79 Å². The molecule has 1 amide bonds. The van der Waals surface area contributed by atoms with Gasteiger partial charge in [0, 0.05) is 31.1 Å². The van der Waals surface area contributed by atoms with Crippen molar-refractivity contribution in [3.8, 4) is 0 Å². The molecule has 0 aliphatic carbocycles. The zero-order chi connectivity index (χ0) is 20.5. The maximum absolute atomic E-state index is 12.9. The van der Waals surface area contributed by atoms with Crippen molar-refractivity contribution in [1.82, 2.24) is 14.5 Å². The predicted octanol–water partition coefficient (Wildman–Crippen LogP) is 4.13. The Labute approximate surface area is 172 Å². The van der Waals surface area contributed by atoms with Gasteiger partial charge in [-0.25, -0.2) is 4.98 Å². The SMILES string of the molecule is Cc1cc(C)cc(N2CC(c3nc4ccccc4n3CCCN(C)C)CC2=O)c1. The Morgan fingerprint density at radius 2 is 1.83 bits per heavy atom. The Kier molecular flexibility index (Phi) is 5.41. The molecular weight excluding hydrogens is 360 g/mol. The van der Waals surface area contributed by atoms with Gasteiger partial charge in [-0.05, 0) is 76.3 Å². The largest absolute Gasteiger partial charge is 0.328 e. The van der Waals surface area contributed by atoms with Crippen LogP contribution in [-0.2, 0) is 11.3 Å². The Morgan fingerprint density at radius 1 is 1.10 bits per heavy atom. The van der Waals surface area contributed by atoms with Gasteiger partial charge in [0.25, 0.3) is 0 Å². The van der Waals surface area contributed by atoms with Crippen molar-refractivity contribution in [2.45, 2.75) is 39.2 Å². The van der Waals surface area contributed by atoms with Crippen LogP contribution in [0.15, 0.2) is 42.5 Å². The van der Waals surface area contributed by atoms with Crippen molar-refractivity contribution >= 4 is 22.6 Å². The van der Waals surface area contributed by atoms with Gasteiger partial charge in [0.1, 0.15) is 5.82 Å². The normalized spacial score (nSPS) is 17.1. The summed E-state index contributed by atoms with van der Waals surface area (Å²) in [4.78, 5) is 22.0. The average Bonchev–Trinajstić information content (AvgIpc) is 3.21. The quantitative estimate of drug-likeness (QED) is 0.636. The number of para-hydroxylation sites is 2. The smallest absolute Gasteiger partial charge is 0.227 e. The second-order valence-corrected chi connectivity index (χ2v) is 8.52. The number of aryl methyl sites for hydroxylation is 3. The van der Waals surface area contributed by atoms with Crippen LogP contribution in [0.5, 0.6) is 0 Å². The highest BCUT2D eigenvalue weighted by Gasteiger charge is 2.34. The highest BCUT2D eigenvalue weighted by atomic mass is 16.2. The lowest BCUT2D eigenvalue weighted by atomic mass is 10.1. The Balaban J connectivity index is 1.65. The number of hydrogen-bond acceptors (Lipinski definition) is 3. The fourth-order valence-corrected chi connectivity index (χ4v) is 4.42. The molecule has 5 nitrogen and oxygen atoms in total. The second-order valence-electron chi connectivity index (χ2n) is 8.52. The van der Waals surface area contributed by atoms with Crippen LogP contribution < -0.4 is 4.90 Å². The van der Waals surface area contributed by atoms with E-state index in [0.717, 1.165) is 36.5 Å². The first-order valence-electron chi connectivity index (χ1n) is 10.4. The van der Waals surface area contributed by atoms with Gasteiger partial charge in [-0.15, -0.1) is 0 Å². The van der Waals surface area contributed by atoms with Gasteiger partial charge in [-0.1, -0.05) is 18.2 Å². The molecule has 152 valence electrons. The number of carbonyl (C=O) groups excluding carboxylic acids is 1. The first kappa shape index (κ1) is 19.6. The number of nitrogens with zero attached hydrogens (tertiary/aromatic N) is 4. The summed E-state index contributed by atoms with van der Waals surface area (Å²) in [6, 6.07) is 14.7. The summed E-state index contributed by atoms with van der Waals surface area (Å²) >= 11 is 0. The minimum atomic E-state index is 0.120. The molecule has 2 heterocycles. The molecule has 1 aliphatic rings. The van der Waals surface area contributed by atoms with E-state index in [2.05, 4.69) is 73.8 Å². The number of anilines is 1. The predicted molar refractivity (Wildman–Crippen MR) is 119 cm³/mol. The van der Waals surface area contributed by atoms with Gasteiger partial charge < -0.3 is 14.4 Å². The zero-order valence-corrected chi connectivity index (χ0v) is 17.9. The van der Waals surface area contributed by atoms with Crippen LogP contribution in [0.4, 0.5) is 5.69 Å². The van der Waals surface area contributed by atoms with Gasteiger partial charge in [-0.2, -0.15) is 0 Å². The molecule has 0 bridgehead atoms.